The molecule has 3 rings (SSSR count). The van der Waals surface area contributed by atoms with Crippen LogP contribution in [0.1, 0.15) is 31.2 Å². The van der Waals surface area contributed by atoms with E-state index in [0.29, 0.717) is 9.09 Å². The Bertz CT molecular complexity index is 1350. The van der Waals surface area contributed by atoms with Gasteiger partial charge < -0.3 is 4.74 Å². The smallest absolute Gasteiger partial charge is 0.413 e. The maximum Gasteiger partial charge on any atom is 0.413 e. The van der Waals surface area contributed by atoms with Crippen molar-refractivity contribution >= 4 is 50.9 Å². The molecule has 0 radical (unpaired) electrons. The molecule has 0 unspecified atom stereocenters. The van der Waals surface area contributed by atoms with Gasteiger partial charge in [0.05, 0.1) is 18.9 Å². The number of hydrogen-bond acceptors (Lipinski definition) is 7. The first-order valence-corrected chi connectivity index (χ1v) is 13.8. The van der Waals surface area contributed by atoms with E-state index in [-0.39, 0.29) is 15.6 Å². The van der Waals surface area contributed by atoms with Crippen molar-refractivity contribution in [3.05, 3.63) is 71.6 Å². The lowest BCUT2D eigenvalue weighted by Crippen LogP contribution is -2.36. The molecule has 2 aromatic carbocycles. The van der Waals surface area contributed by atoms with Gasteiger partial charge in [-0.25, -0.2) is 13.2 Å². The summed E-state index contributed by atoms with van der Waals surface area (Å²) >= 11 is 2.41. The summed E-state index contributed by atoms with van der Waals surface area (Å²) in [6.45, 7) is 9.00. The van der Waals surface area contributed by atoms with E-state index in [1.54, 1.807) is 51.3 Å². The van der Waals surface area contributed by atoms with Crippen LogP contribution in [-0.4, -0.2) is 32.2 Å². The van der Waals surface area contributed by atoms with Gasteiger partial charge in [-0.2, -0.15) is 0 Å². The Morgan fingerprint density at radius 3 is 2.50 bits per heavy atom. The molecule has 9 heteroatoms. The fourth-order valence-electron chi connectivity index (χ4n) is 3.17. The molecule has 1 aromatic heterocycles. The Balaban J connectivity index is 1.97. The first-order chi connectivity index (χ1) is 16.0. The minimum atomic E-state index is -3.88. The number of benzene rings is 2. The van der Waals surface area contributed by atoms with Gasteiger partial charge in [-0.1, -0.05) is 49.1 Å². The second-order valence-corrected chi connectivity index (χ2v) is 12.3. The lowest BCUT2D eigenvalue weighted by Gasteiger charge is -2.19. The normalized spacial score (nSPS) is 11.6. The van der Waals surface area contributed by atoms with Gasteiger partial charge in [-0.05, 0) is 61.9 Å². The van der Waals surface area contributed by atoms with E-state index in [1.165, 1.54) is 17.8 Å². The summed E-state index contributed by atoms with van der Waals surface area (Å²) in [4.78, 5) is 12.6. The van der Waals surface area contributed by atoms with Crippen molar-refractivity contribution in [1.82, 2.24) is 5.32 Å². The molecular weight excluding hydrogens is 488 g/mol. The number of amidine groups is 1. The van der Waals surface area contributed by atoms with Crippen LogP contribution in [0.3, 0.4) is 0 Å². The Kier molecular flexibility index (Phi) is 7.70. The molecule has 0 fully saturated rings. The van der Waals surface area contributed by atoms with Crippen LogP contribution in [0.2, 0.25) is 0 Å². The van der Waals surface area contributed by atoms with E-state index in [2.05, 4.69) is 11.9 Å². The lowest BCUT2D eigenvalue weighted by molar-refractivity contribution is 0.0563. The number of carbonyl (C=O) groups is 1. The van der Waals surface area contributed by atoms with Crippen molar-refractivity contribution in [3.8, 4) is 11.1 Å². The van der Waals surface area contributed by atoms with Crippen LogP contribution in [0.25, 0.3) is 17.2 Å². The largest absolute Gasteiger partial charge is 0.444 e. The predicted octanol–water partition coefficient (Wildman–Crippen LogP) is 6.46. The highest BCUT2D eigenvalue weighted by Crippen LogP contribution is 2.38. The molecule has 0 atom stereocenters. The average Bonchev–Trinajstić information content (AvgIpc) is 3.23. The van der Waals surface area contributed by atoms with Crippen molar-refractivity contribution in [3.63, 3.8) is 0 Å². The summed E-state index contributed by atoms with van der Waals surface area (Å²) in [7, 11) is -3.88. The number of carbonyl (C=O) groups excluding carboxylic acids is 1. The van der Waals surface area contributed by atoms with E-state index in [4.69, 9.17) is 10.1 Å². The van der Waals surface area contributed by atoms with E-state index >= 15 is 0 Å². The Morgan fingerprint density at radius 2 is 1.85 bits per heavy atom. The fraction of sp³-hybridized carbons (Fsp3) is 0.200. The van der Waals surface area contributed by atoms with E-state index in [0.717, 1.165) is 28.0 Å². The van der Waals surface area contributed by atoms with Crippen LogP contribution in [0.4, 0.5) is 4.79 Å². The van der Waals surface area contributed by atoms with Gasteiger partial charge in [-0.3, -0.25) is 10.7 Å². The molecule has 3 aromatic rings. The molecule has 1 amide bonds. The van der Waals surface area contributed by atoms with Crippen LogP contribution in [-0.2, 0) is 14.6 Å². The molecule has 0 spiro atoms. The number of sulfone groups is 1. The second-order valence-electron chi connectivity index (χ2n) is 8.29. The topological polar surface area (TPSA) is 96.3 Å². The SMILES string of the molecule is C=Cc1ccccc1-c1cccc(S(=O)(=O)c2cc(C(=N)NC(=O)OC(C)(C)C)sc2SC)c1. The maximum atomic E-state index is 13.6. The number of alkyl carbamates (subject to hydrolysis) is 1. The van der Waals surface area contributed by atoms with Crippen LogP contribution >= 0.6 is 23.1 Å². The van der Waals surface area contributed by atoms with E-state index in [1.807, 2.05) is 30.3 Å². The first kappa shape index (κ1) is 25.7. The van der Waals surface area contributed by atoms with Crippen molar-refractivity contribution in [2.75, 3.05) is 6.26 Å². The zero-order valence-electron chi connectivity index (χ0n) is 19.3. The second kappa shape index (κ2) is 10.2. The molecule has 6 nitrogen and oxygen atoms in total. The average molecular weight is 515 g/mol. The minimum Gasteiger partial charge on any atom is -0.444 e. The molecule has 34 heavy (non-hydrogen) atoms. The number of amides is 1. The third kappa shape index (κ3) is 5.78. The van der Waals surface area contributed by atoms with Crippen LogP contribution in [0, 0.1) is 5.41 Å². The van der Waals surface area contributed by atoms with E-state index in [9.17, 15) is 13.2 Å². The highest BCUT2D eigenvalue weighted by Gasteiger charge is 2.26. The number of thiophene rings is 1. The van der Waals surface area contributed by atoms with Gasteiger partial charge in [-0.15, -0.1) is 23.1 Å². The summed E-state index contributed by atoms with van der Waals surface area (Å²) < 4.78 is 32.9. The van der Waals surface area contributed by atoms with Crippen LogP contribution < -0.4 is 5.32 Å². The molecule has 2 N–H and O–H groups in total. The van der Waals surface area contributed by atoms with Crippen LogP contribution in [0.5, 0.6) is 0 Å². The minimum absolute atomic E-state index is 0.102. The van der Waals surface area contributed by atoms with Gasteiger partial charge in [0.1, 0.15) is 11.4 Å². The Morgan fingerprint density at radius 1 is 1.15 bits per heavy atom. The Hall–Kier alpha value is -2.88. The van der Waals surface area contributed by atoms with E-state index < -0.39 is 21.5 Å². The number of ether oxygens (including phenoxy) is 1. The summed E-state index contributed by atoms with van der Waals surface area (Å²) in [5.74, 6) is -0.218. The molecule has 1 heterocycles. The molecule has 178 valence electrons. The van der Waals surface area contributed by atoms with Crippen LogP contribution in [0.15, 0.2) is 75.2 Å². The van der Waals surface area contributed by atoms with Gasteiger partial charge in [0.2, 0.25) is 9.84 Å². The standard InChI is InChI=1S/C25H26N2O4S3/c1-6-16-10-7-8-13-19(16)17-11-9-12-18(14-17)34(29,30)21-15-20(33-23(21)32-5)22(26)27-24(28)31-25(2,3)4/h6-15H,1H2,2-5H3,(H2,26,27,28). The van der Waals surface area contributed by atoms with Gasteiger partial charge in [0.25, 0.3) is 0 Å². The van der Waals surface area contributed by atoms with Crippen molar-refractivity contribution in [2.45, 2.75) is 40.4 Å². The first-order valence-electron chi connectivity index (χ1n) is 10.3. The number of nitrogens with one attached hydrogen (secondary N) is 2. The monoisotopic (exact) mass is 514 g/mol. The van der Waals surface area contributed by atoms with Gasteiger partial charge >= 0.3 is 6.09 Å². The number of hydrogen-bond donors (Lipinski definition) is 2. The summed E-state index contributed by atoms with van der Waals surface area (Å²) in [5.41, 5.74) is 1.83. The van der Waals surface area contributed by atoms with Gasteiger partial charge in [0.15, 0.2) is 0 Å². The molecule has 0 aliphatic heterocycles. The zero-order valence-corrected chi connectivity index (χ0v) is 21.8. The summed E-state index contributed by atoms with van der Waals surface area (Å²) in [6, 6.07) is 15.8. The third-order valence-corrected chi connectivity index (χ3v) is 8.97. The molecule has 0 saturated heterocycles. The van der Waals surface area contributed by atoms with Gasteiger partial charge in [0, 0.05) is 0 Å². The maximum absolute atomic E-state index is 13.6. The molecular formula is C25H26N2O4S3. The van der Waals surface area contributed by atoms with Crippen molar-refractivity contribution in [2.24, 2.45) is 0 Å². The molecule has 0 aliphatic carbocycles. The van der Waals surface area contributed by atoms with Crippen molar-refractivity contribution < 1.29 is 17.9 Å². The van der Waals surface area contributed by atoms with Crippen molar-refractivity contribution in [1.29, 1.82) is 5.41 Å². The summed E-state index contributed by atoms with van der Waals surface area (Å²) in [6.07, 6.45) is 2.74. The number of rotatable bonds is 6. The number of thioether (sulfide) groups is 1. The Labute approximate surface area is 208 Å². The highest BCUT2D eigenvalue weighted by atomic mass is 32.2. The molecule has 0 aliphatic rings. The zero-order chi connectivity index (χ0) is 25.1. The highest BCUT2D eigenvalue weighted by molar-refractivity contribution is 8.01. The fourth-order valence-corrected chi connectivity index (χ4v) is 7.12. The lowest BCUT2D eigenvalue weighted by atomic mass is 10.00. The summed E-state index contributed by atoms with van der Waals surface area (Å²) in [5, 5.41) is 10.6. The molecule has 0 bridgehead atoms. The molecule has 0 saturated carbocycles. The third-order valence-electron chi connectivity index (χ3n) is 4.65. The predicted molar refractivity (Wildman–Crippen MR) is 140 cm³/mol. The quantitative estimate of drug-likeness (QED) is 0.223.